The summed E-state index contributed by atoms with van der Waals surface area (Å²) in [7, 11) is 0.500. The van der Waals surface area contributed by atoms with Gasteiger partial charge in [-0.15, -0.1) is 0 Å². The Hall–Kier alpha value is -2.79. The zero-order chi connectivity index (χ0) is 22.3. The van der Waals surface area contributed by atoms with Crippen molar-refractivity contribution >= 4 is 17.0 Å². The van der Waals surface area contributed by atoms with E-state index in [1.165, 1.54) is 6.33 Å². The summed E-state index contributed by atoms with van der Waals surface area (Å²) >= 11 is 0. The van der Waals surface area contributed by atoms with Gasteiger partial charge in [-0.25, -0.2) is 15.0 Å². The van der Waals surface area contributed by atoms with Crippen LogP contribution in [0.25, 0.3) is 11.2 Å². The summed E-state index contributed by atoms with van der Waals surface area (Å²) in [6, 6.07) is 0. The molecule has 0 spiro atoms. The largest absolute Gasteiger partial charge is 0.416 e. The van der Waals surface area contributed by atoms with E-state index in [9.17, 15) is 22.7 Å². The zero-order valence-corrected chi connectivity index (χ0v) is 16.4. The molecule has 0 radical (unpaired) electrons. The smallest absolute Gasteiger partial charge is 0.394 e. The molecule has 2 atom stereocenters. The molecule has 164 valence electrons. The number of hydrogen-bond donors (Lipinski definition) is 2. The van der Waals surface area contributed by atoms with Gasteiger partial charge in [0.1, 0.15) is 12.6 Å². The van der Waals surface area contributed by atoms with Gasteiger partial charge in [0.2, 0.25) is 0 Å². The molecule has 3 heterocycles. The number of imidazole rings is 1. The quantitative estimate of drug-likeness (QED) is 0.516. The maximum Gasteiger partial charge on any atom is 0.416 e. The normalized spacial score (nSPS) is 19.3. The first-order valence-corrected chi connectivity index (χ1v) is 8.98. The molecule has 7 nitrogen and oxygen atoms in total. The van der Waals surface area contributed by atoms with Gasteiger partial charge in [-0.1, -0.05) is 19.2 Å². The molecule has 0 bridgehead atoms. The summed E-state index contributed by atoms with van der Waals surface area (Å²) in [5.74, 6) is 0.377. The maximum absolute atomic E-state index is 12.8. The predicted octanol–water partition coefficient (Wildman–Crippen LogP) is 3.72. The number of nitrogens with one attached hydrogen (secondary N) is 1. The molecule has 2 unspecified atom stereocenters. The highest BCUT2D eigenvalue weighted by molar-refractivity contribution is 5.82. The fraction of sp³-hybridized carbons (Fsp3) is 0.421. The van der Waals surface area contributed by atoms with Gasteiger partial charge in [-0.3, -0.25) is 8.96 Å². The number of aliphatic hydroxyl groups excluding tert-OH is 1. The SMILES string of the molecule is C=C/C(=C\C(=C)CNc1ncnc2c1ncn2C1CCC(CO)O1)C(F)(F)F.CF. The van der Waals surface area contributed by atoms with Crippen LogP contribution in [0.15, 0.2) is 49.1 Å². The molecule has 30 heavy (non-hydrogen) atoms. The highest BCUT2D eigenvalue weighted by atomic mass is 19.4. The number of rotatable bonds is 7. The van der Waals surface area contributed by atoms with Crippen LogP contribution in [0.5, 0.6) is 0 Å². The van der Waals surface area contributed by atoms with Gasteiger partial charge in [0.25, 0.3) is 0 Å². The molecule has 2 aromatic rings. The van der Waals surface area contributed by atoms with Crippen LogP contribution in [0.3, 0.4) is 0 Å². The van der Waals surface area contributed by atoms with Crippen molar-refractivity contribution in [1.29, 1.82) is 0 Å². The van der Waals surface area contributed by atoms with Crippen LogP contribution in [-0.4, -0.2) is 57.2 Å². The number of fused-ring (bicyclic) bond motifs is 1. The van der Waals surface area contributed by atoms with E-state index in [1.807, 2.05) is 0 Å². The molecule has 2 N–H and O–H groups in total. The van der Waals surface area contributed by atoms with Crippen LogP contribution in [0.2, 0.25) is 0 Å². The van der Waals surface area contributed by atoms with Gasteiger partial charge in [-0.2, -0.15) is 13.2 Å². The van der Waals surface area contributed by atoms with Gasteiger partial charge < -0.3 is 15.2 Å². The molecule has 3 rings (SSSR count). The predicted molar refractivity (Wildman–Crippen MR) is 105 cm³/mol. The lowest BCUT2D eigenvalue weighted by atomic mass is 10.1. The van der Waals surface area contributed by atoms with Crippen molar-refractivity contribution in [2.24, 2.45) is 0 Å². The number of nitrogens with zero attached hydrogens (tertiary/aromatic N) is 4. The van der Waals surface area contributed by atoms with Crippen molar-refractivity contribution in [3.8, 4) is 0 Å². The van der Waals surface area contributed by atoms with E-state index in [4.69, 9.17) is 4.74 Å². The number of ether oxygens (including phenoxy) is 1. The van der Waals surface area contributed by atoms with Crippen LogP contribution in [0, 0.1) is 0 Å². The Morgan fingerprint density at radius 2 is 2.07 bits per heavy atom. The fourth-order valence-corrected chi connectivity index (χ4v) is 2.94. The third-order valence-electron chi connectivity index (χ3n) is 4.35. The van der Waals surface area contributed by atoms with Crippen LogP contribution < -0.4 is 5.32 Å². The molecule has 0 aromatic carbocycles. The maximum atomic E-state index is 12.8. The van der Waals surface area contributed by atoms with E-state index in [0.717, 1.165) is 18.6 Å². The number of alkyl halides is 4. The first kappa shape index (κ1) is 23.5. The molecule has 0 aliphatic carbocycles. The molecule has 1 fully saturated rings. The first-order chi connectivity index (χ1) is 14.3. The molecular weight excluding hydrogens is 406 g/mol. The van der Waals surface area contributed by atoms with Crippen LogP contribution in [0.4, 0.5) is 23.4 Å². The molecule has 1 aliphatic heterocycles. The molecule has 0 amide bonds. The van der Waals surface area contributed by atoms with Gasteiger partial charge in [-0.05, 0) is 24.5 Å². The lowest BCUT2D eigenvalue weighted by Crippen LogP contribution is -2.14. The van der Waals surface area contributed by atoms with Crippen LogP contribution >= 0.6 is 0 Å². The second kappa shape index (κ2) is 10.3. The number of hydrogen-bond acceptors (Lipinski definition) is 6. The Labute approximate surface area is 170 Å². The molecule has 11 heteroatoms. The number of aromatic nitrogens is 4. The zero-order valence-electron chi connectivity index (χ0n) is 16.4. The molecule has 1 aliphatic rings. The van der Waals surface area contributed by atoms with E-state index in [-0.39, 0.29) is 31.1 Å². The second-order valence-electron chi connectivity index (χ2n) is 6.33. The Kier molecular flexibility index (Phi) is 8.07. The standard InChI is InChI=1S/C18H20F3N5O2.CH3F/c1-3-12(18(19,20)21)6-11(2)7-22-16-15-17(24-9-23-16)26(10-25-15)14-5-4-13(8-27)28-14;1-2/h3,6,9-10,13-14,27H,1-2,4-5,7-8H2,(H,22,23,24);1H3/b12-6+;. The van der Waals surface area contributed by atoms with Crippen molar-refractivity contribution in [2.45, 2.75) is 31.3 Å². The van der Waals surface area contributed by atoms with Crippen molar-refractivity contribution in [3.63, 3.8) is 0 Å². The summed E-state index contributed by atoms with van der Waals surface area (Å²) < 4.78 is 55.4. The minimum atomic E-state index is -4.49. The average Bonchev–Trinajstić information content (AvgIpc) is 3.37. The van der Waals surface area contributed by atoms with E-state index in [1.54, 1.807) is 10.9 Å². The van der Waals surface area contributed by atoms with E-state index < -0.39 is 11.7 Å². The van der Waals surface area contributed by atoms with Crippen molar-refractivity contribution < 1.29 is 27.4 Å². The summed E-state index contributed by atoms with van der Waals surface area (Å²) in [5.41, 5.74) is 0.343. The molecular formula is C19H23F4N5O2. The Balaban J connectivity index is 0.00000155. The summed E-state index contributed by atoms with van der Waals surface area (Å²) in [4.78, 5) is 12.6. The lowest BCUT2D eigenvalue weighted by Gasteiger charge is -2.14. The van der Waals surface area contributed by atoms with Crippen molar-refractivity contribution in [1.82, 2.24) is 19.5 Å². The summed E-state index contributed by atoms with van der Waals surface area (Å²) in [5, 5.41) is 12.2. The third-order valence-corrected chi connectivity index (χ3v) is 4.35. The Morgan fingerprint density at radius 3 is 2.67 bits per heavy atom. The van der Waals surface area contributed by atoms with E-state index in [0.29, 0.717) is 30.6 Å². The minimum absolute atomic E-state index is 0.0406. The topological polar surface area (TPSA) is 85.1 Å². The summed E-state index contributed by atoms with van der Waals surface area (Å²) in [6.45, 7) is 6.81. The number of halogens is 4. The van der Waals surface area contributed by atoms with Crippen LogP contribution in [-0.2, 0) is 4.74 Å². The highest BCUT2D eigenvalue weighted by Gasteiger charge is 2.31. The molecule has 2 aromatic heterocycles. The molecule has 0 saturated carbocycles. The Morgan fingerprint density at radius 1 is 1.33 bits per heavy atom. The Bertz CT molecular complexity index is 910. The average molecular weight is 429 g/mol. The third kappa shape index (κ3) is 5.42. The van der Waals surface area contributed by atoms with Gasteiger partial charge in [0.05, 0.1) is 31.8 Å². The highest BCUT2D eigenvalue weighted by Crippen LogP contribution is 2.31. The monoisotopic (exact) mass is 429 g/mol. The second-order valence-corrected chi connectivity index (χ2v) is 6.33. The van der Waals surface area contributed by atoms with Crippen molar-refractivity contribution in [2.75, 3.05) is 25.6 Å². The first-order valence-electron chi connectivity index (χ1n) is 8.98. The van der Waals surface area contributed by atoms with Crippen LogP contribution in [0.1, 0.15) is 19.1 Å². The van der Waals surface area contributed by atoms with Gasteiger partial charge >= 0.3 is 6.18 Å². The fourth-order valence-electron chi connectivity index (χ4n) is 2.94. The van der Waals surface area contributed by atoms with E-state index in [2.05, 4.69) is 33.4 Å². The molecule has 1 saturated heterocycles. The van der Waals surface area contributed by atoms with Gasteiger partial charge in [0, 0.05) is 6.54 Å². The number of allylic oxidation sites excluding steroid dienone is 2. The minimum Gasteiger partial charge on any atom is -0.394 e. The number of anilines is 1. The number of aliphatic hydroxyl groups is 1. The lowest BCUT2D eigenvalue weighted by molar-refractivity contribution is -0.0882. The van der Waals surface area contributed by atoms with Crippen molar-refractivity contribution in [3.05, 3.63) is 49.1 Å². The van der Waals surface area contributed by atoms with Gasteiger partial charge in [0.15, 0.2) is 17.0 Å². The van der Waals surface area contributed by atoms with E-state index >= 15 is 0 Å². The summed E-state index contributed by atoms with van der Waals surface area (Å²) in [6.07, 6.45) is 1.04.